The van der Waals surface area contributed by atoms with Crippen molar-refractivity contribution in [1.29, 1.82) is 0 Å². The average Bonchev–Trinajstić information content (AvgIpc) is 3.17. The molecule has 0 bridgehead atoms. The van der Waals surface area contributed by atoms with Gasteiger partial charge >= 0.3 is 6.03 Å². The van der Waals surface area contributed by atoms with Crippen molar-refractivity contribution in [1.82, 2.24) is 14.8 Å². The monoisotopic (exact) mass is 425 g/mol. The minimum atomic E-state index is -0.446. The van der Waals surface area contributed by atoms with Crippen LogP contribution in [0.4, 0.5) is 4.79 Å². The molecule has 5 nitrogen and oxygen atoms in total. The van der Waals surface area contributed by atoms with Gasteiger partial charge in [-0.05, 0) is 29.8 Å². The second kappa shape index (κ2) is 7.78. The first kappa shape index (κ1) is 19.3. The SMILES string of the molecule is C=CCN1C(=O)N/C(=C/c2cn(Cc3ccc(Cl)cc3Cl)c3ccccc23)C1=O. The van der Waals surface area contributed by atoms with Crippen molar-refractivity contribution < 1.29 is 9.59 Å². The van der Waals surface area contributed by atoms with E-state index in [9.17, 15) is 9.59 Å². The number of hydrogen-bond acceptors (Lipinski definition) is 2. The highest BCUT2D eigenvalue weighted by Crippen LogP contribution is 2.28. The van der Waals surface area contributed by atoms with Gasteiger partial charge in [0.1, 0.15) is 5.70 Å². The number of benzene rings is 2. The van der Waals surface area contributed by atoms with Gasteiger partial charge < -0.3 is 9.88 Å². The largest absolute Gasteiger partial charge is 0.342 e. The molecule has 0 unspecified atom stereocenters. The molecular weight excluding hydrogens is 409 g/mol. The molecule has 0 radical (unpaired) electrons. The van der Waals surface area contributed by atoms with Crippen molar-refractivity contribution in [2.75, 3.05) is 6.54 Å². The van der Waals surface area contributed by atoms with Gasteiger partial charge in [-0.15, -0.1) is 6.58 Å². The lowest BCUT2D eigenvalue weighted by Gasteiger charge is -2.08. The number of rotatable bonds is 5. The molecule has 1 N–H and O–H groups in total. The van der Waals surface area contributed by atoms with Crippen LogP contribution < -0.4 is 5.32 Å². The van der Waals surface area contributed by atoms with E-state index in [2.05, 4.69) is 16.5 Å². The van der Waals surface area contributed by atoms with E-state index in [0.29, 0.717) is 16.6 Å². The number of carbonyl (C=O) groups excluding carboxylic acids is 2. The number of aromatic nitrogens is 1. The lowest BCUT2D eigenvalue weighted by molar-refractivity contribution is -0.122. The second-order valence-electron chi connectivity index (χ2n) is 6.66. The summed E-state index contributed by atoms with van der Waals surface area (Å²) in [5.74, 6) is -0.368. The summed E-state index contributed by atoms with van der Waals surface area (Å²) in [5.41, 5.74) is 2.99. The van der Waals surface area contributed by atoms with Crippen molar-refractivity contribution >= 4 is 52.1 Å². The van der Waals surface area contributed by atoms with Gasteiger partial charge in [0.05, 0.1) is 0 Å². The molecule has 0 saturated carbocycles. The minimum Gasteiger partial charge on any atom is -0.342 e. The van der Waals surface area contributed by atoms with Crippen LogP contribution in [0.15, 0.2) is 67.0 Å². The Labute approximate surface area is 177 Å². The molecule has 1 aliphatic heterocycles. The zero-order valence-corrected chi connectivity index (χ0v) is 16.9. The first-order valence-electron chi connectivity index (χ1n) is 8.95. The predicted octanol–water partition coefficient (Wildman–Crippen LogP) is 5.08. The fourth-order valence-corrected chi connectivity index (χ4v) is 3.84. The van der Waals surface area contributed by atoms with Gasteiger partial charge in [-0.2, -0.15) is 0 Å². The van der Waals surface area contributed by atoms with Crippen molar-refractivity contribution in [2.45, 2.75) is 6.54 Å². The first-order chi connectivity index (χ1) is 14.0. The molecule has 7 heteroatoms. The molecule has 3 aromatic rings. The van der Waals surface area contributed by atoms with Crippen LogP contribution in [0.25, 0.3) is 17.0 Å². The van der Waals surface area contributed by atoms with Crippen LogP contribution >= 0.6 is 23.2 Å². The van der Waals surface area contributed by atoms with Gasteiger partial charge in [0.25, 0.3) is 5.91 Å². The molecule has 1 fully saturated rings. The summed E-state index contributed by atoms with van der Waals surface area (Å²) in [7, 11) is 0. The zero-order valence-electron chi connectivity index (χ0n) is 15.4. The Bertz CT molecular complexity index is 1180. The van der Waals surface area contributed by atoms with E-state index in [-0.39, 0.29) is 18.1 Å². The first-order valence-corrected chi connectivity index (χ1v) is 9.71. The number of halogens is 2. The molecule has 0 spiro atoms. The Balaban J connectivity index is 1.74. The Morgan fingerprint density at radius 1 is 1.10 bits per heavy atom. The van der Waals surface area contributed by atoms with E-state index in [1.54, 1.807) is 18.2 Å². The molecule has 146 valence electrons. The van der Waals surface area contributed by atoms with Crippen LogP contribution in [-0.2, 0) is 11.3 Å². The van der Waals surface area contributed by atoms with E-state index in [0.717, 1.165) is 26.9 Å². The Morgan fingerprint density at radius 3 is 2.66 bits per heavy atom. The van der Waals surface area contributed by atoms with E-state index in [1.165, 1.54) is 6.08 Å². The van der Waals surface area contributed by atoms with Gasteiger partial charge in [0.2, 0.25) is 0 Å². The summed E-state index contributed by atoms with van der Waals surface area (Å²) < 4.78 is 2.06. The van der Waals surface area contributed by atoms with Crippen LogP contribution in [0, 0.1) is 0 Å². The maximum absolute atomic E-state index is 12.5. The molecule has 1 saturated heterocycles. The van der Waals surface area contributed by atoms with Crippen LogP contribution in [0.3, 0.4) is 0 Å². The highest BCUT2D eigenvalue weighted by atomic mass is 35.5. The highest BCUT2D eigenvalue weighted by Gasteiger charge is 2.32. The van der Waals surface area contributed by atoms with Gasteiger partial charge in [-0.1, -0.05) is 53.5 Å². The third kappa shape index (κ3) is 3.67. The third-order valence-electron chi connectivity index (χ3n) is 4.75. The number of imide groups is 1. The van der Waals surface area contributed by atoms with Crippen LogP contribution in [0.2, 0.25) is 10.0 Å². The zero-order chi connectivity index (χ0) is 20.5. The molecule has 3 amide bonds. The summed E-state index contributed by atoms with van der Waals surface area (Å²) in [6.45, 7) is 4.29. The average molecular weight is 426 g/mol. The number of nitrogens with zero attached hydrogens (tertiary/aromatic N) is 2. The maximum Gasteiger partial charge on any atom is 0.329 e. The smallest absolute Gasteiger partial charge is 0.329 e. The molecular formula is C22H17Cl2N3O2. The predicted molar refractivity (Wildman–Crippen MR) is 116 cm³/mol. The molecule has 29 heavy (non-hydrogen) atoms. The van der Waals surface area contributed by atoms with Gasteiger partial charge in [-0.25, -0.2) is 4.79 Å². The second-order valence-corrected chi connectivity index (χ2v) is 7.50. The van der Waals surface area contributed by atoms with Crippen molar-refractivity contribution in [3.05, 3.63) is 88.2 Å². The van der Waals surface area contributed by atoms with E-state index < -0.39 is 6.03 Å². The summed E-state index contributed by atoms with van der Waals surface area (Å²) >= 11 is 12.3. The van der Waals surface area contributed by atoms with Gasteiger partial charge in [0, 0.05) is 45.8 Å². The minimum absolute atomic E-state index is 0.166. The Hall–Kier alpha value is -3.02. The quantitative estimate of drug-likeness (QED) is 0.352. The molecule has 2 heterocycles. The van der Waals surface area contributed by atoms with Crippen LogP contribution in [0.1, 0.15) is 11.1 Å². The topological polar surface area (TPSA) is 54.3 Å². The van der Waals surface area contributed by atoms with Gasteiger partial charge in [0.15, 0.2) is 0 Å². The standard InChI is InChI=1S/C22H17Cl2N3O2/c1-2-9-27-21(28)19(25-22(27)29)10-15-13-26(20-6-4-3-5-17(15)20)12-14-7-8-16(23)11-18(14)24/h2-8,10-11,13H,1,9,12H2,(H,25,29)/b19-10+. The number of hydrogen-bond donors (Lipinski definition) is 1. The van der Waals surface area contributed by atoms with E-state index >= 15 is 0 Å². The number of carbonyl (C=O) groups is 2. The maximum atomic E-state index is 12.5. The molecule has 2 aromatic carbocycles. The summed E-state index contributed by atoms with van der Waals surface area (Å²) in [5, 5.41) is 4.77. The summed E-state index contributed by atoms with van der Waals surface area (Å²) in [4.78, 5) is 25.7. The Kier molecular flexibility index (Phi) is 5.18. The van der Waals surface area contributed by atoms with Crippen LogP contribution in [0.5, 0.6) is 0 Å². The molecule has 1 aliphatic rings. The molecule has 4 rings (SSSR count). The lowest BCUT2D eigenvalue weighted by atomic mass is 10.1. The molecule has 1 aromatic heterocycles. The summed E-state index contributed by atoms with van der Waals surface area (Å²) in [6.07, 6.45) is 5.16. The van der Waals surface area contributed by atoms with Gasteiger partial charge in [-0.3, -0.25) is 9.69 Å². The van der Waals surface area contributed by atoms with E-state index in [1.807, 2.05) is 36.5 Å². The fourth-order valence-electron chi connectivity index (χ4n) is 3.38. The Morgan fingerprint density at radius 2 is 1.90 bits per heavy atom. The summed E-state index contributed by atoms with van der Waals surface area (Å²) in [6, 6.07) is 12.8. The number of nitrogens with one attached hydrogen (secondary N) is 1. The molecule has 0 aliphatic carbocycles. The lowest BCUT2D eigenvalue weighted by Crippen LogP contribution is -2.30. The number of urea groups is 1. The number of fused-ring (bicyclic) bond motifs is 1. The van der Waals surface area contributed by atoms with Crippen molar-refractivity contribution in [2.24, 2.45) is 0 Å². The normalized spacial score (nSPS) is 15.4. The fraction of sp³-hybridized carbons (Fsp3) is 0.0909. The third-order valence-corrected chi connectivity index (χ3v) is 5.34. The van der Waals surface area contributed by atoms with E-state index in [4.69, 9.17) is 23.2 Å². The molecule has 0 atom stereocenters. The van der Waals surface area contributed by atoms with Crippen LogP contribution in [-0.4, -0.2) is 28.0 Å². The highest BCUT2D eigenvalue weighted by molar-refractivity contribution is 6.35. The number of amides is 3. The number of para-hydroxylation sites is 1. The van der Waals surface area contributed by atoms with Crippen molar-refractivity contribution in [3.8, 4) is 0 Å². The van der Waals surface area contributed by atoms with Crippen molar-refractivity contribution in [3.63, 3.8) is 0 Å².